The van der Waals surface area contributed by atoms with Crippen LogP contribution in [0.4, 0.5) is 10.1 Å². The second-order valence-corrected chi connectivity index (χ2v) is 7.05. The quantitative estimate of drug-likeness (QED) is 0.455. The van der Waals surface area contributed by atoms with Crippen LogP contribution < -0.4 is 0 Å². The van der Waals surface area contributed by atoms with Crippen molar-refractivity contribution in [3.63, 3.8) is 0 Å². The van der Waals surface area contributed by atoms with Gasteiger partial charge >= 0.3 is 5.69 Å². The highest BCUT2D eigenvalue weighted by molar-refractivity contribution is 7.99. The minimum absolute atomic E-state index is 0.00815. The van der Waals surface area contributed by atoms with Gasteiger partial charge < -0.3 is 0 Å². The lowest BCUT2D eigenvalue weighted by molar-refractivity contribution is -0.387. The molecule has 0 saturated carbocycles. The van der Waals surface area contributed by atoms with Gasteiger partial charge in [0, 0.05) is 29.4 Å². The Balaban J connectivity index is 2.63. The third-order valence-corrected chi connectivity index (χ3v) is 4.32. The molecule has 8 heteroatoms. The lowest BCUT2D eigenvalue weighted by Gasteiger charge is -2.03. The van der Waals surface area contributed by atoms with Crippen molar-refractivity contribution in [2.45, 2.75) is 5.75 Å². The molecule has 0 fully saturated rings. The van der Waals surface area contributed by atoms with Crippen LogP contribution in [-0.2, 0) is 15.6 Å². The number of nitro groups is 1. The molecule has 100 valence electrons. The molecular weight excluding hydrogens is 281 g/mol. The van der Waals surface area contributed by atoms with Gasteiger partial charge in [-0.3, -0.25) is 10.1 Å². The van der Waals surface area contributed by atoms with Gasteiger partial charge in [-0.2, -0.15) is 16.2 Å². The first kappa shape index (κ1) is 14.9. The van der Waals surface area contributed by atoms with E-state index >= 15 is 0 Å². The molecule has 1 rings (SSSR count). The molecule has 0 bridgehead atoms. The number of nitrogens with zero attached hydrogens (tertiary/aromatic N) is 1. The van der Waals surface area contributed by atoms with Gasteiger partial charge in [-0.25, -0.2) is 8.42 Å². The van der Waals surface area contributed by atoms with Crippen LogP contribution in [0.1, 0.15) is 5.56 Å². The molecule has 0 radical (unpaired) electrons. The van der Waals surface area contributed by atoms with Gasteiger partial charge in [-0.05, 0) is 0 Å². The van der Waals surface area contributed by atoms with Gasteiger partial charge in [0.15, 0.2) is 0 Å². The molecule has 0 spiro atoms. The molecule has 0 aliphatic heterocycles. The highest BCUT2D eigenvalue weighted by atomic mass is 32.2. The topological polar surface area (TPSA) is 77.3 Å². The molecule has 0 saturated heterocycles. The third-order valence-electron chi connectivity index (χ3n) is 2.11. The number of nitro benzene ring substituents is 1. The predicted molar refractivity (Wildman–Crippen MR) is 68.9 cm³/mol. The Kier molecular flexibility index (Phi) is 5.09. The second kappa shape index (κ2) is 6.14. The summed E-state index contributed by atoms with van der Waals surface area (Å²) >= 11 is 1.23. The number of hydrogen-bond acceptors (Lipinski definition) is 5. The van der Waals surface area contributed by atoms with Gasteiger partial charge in [0.25, 0.3) is 0 Å². The maximum atomic E-state index is 13.6. The molecule has 5 nitrogen and oxygen atoms in total. The lowest BCUT2D eigenvalue weighted by atomic mass is 10.2. The lowest BCUT2D eigenvalue weighted by Crippen LogP contribution is -2.05. The van der Waals surface area contributed by atoms with Crippen molar-refractivity contribution in [1.29, 1.82) is 0 Å². The van der Waals surface area contributed by atoms with Crippen LogP contribution in [0.15, 0.2) is 18.2 Å². The number of sulfone groups is 1. The summed E-state index contributed by atoms with van der Waals surface area (Å²) < 4.78 is 35.4. The maximum absolute atomic E-state index is 13.6. The van der Waals surface area contributed by atoms with Crippen LogP contribution in [0.25, 0.3) is 0 Å². The summed E-state index contributed by atoms with van der Waals surface area (Å²) in [5, 5.41) is 10.5. The predicted octanol–water partition coefficient (Wildman–Crippen LogP) is 2.01. The van der Waals surface area contributed by atoms with Gasteiger partial charge in [-0.15, -0.1) is 0 Å². The highest BCUT2D eigenvalue weighted by Gasteiger charge is 2.16. The van der Waals surface area contributed by atoms with E-state index in [1.165, 1.54) is 23.9 Å². The van der Waals surface area contributed by atoms with E-state index in [4.69, 9.17) is 0 Å². The van der Waals surface area contributed by atoms with Crippen molar-refractivity contribution in [3.8, 4) is 0 Å². The van der Waals surface area contributed by atoms with Crippen molar-refractivity contribution < 1.29 is 17.7 Å². The summed E-state index contributed by atoms with van der Waals surface area (Å²) in [4.78, 5) is 9.74. The molecule has 0 aliphatic carbocycles. The van der Waals surface area contributed by atoms with Crippen LogP contribution in [-0.4, -0.2) is 31.1 Å². The molecule has 0 amide bonds. The first-order chi connectivity index (χ1) is 8.31. The van der Waals surface area contributed by atoms with E-state index in [0.29, 0.717) is 5.75 Å². The van der Waals surface area contributed by atoms with Crippen molar-refractivity contribution in [2.75, 3.05) is 17.8 Å². The van der Waals surface area contributed by atoms with E-state index in [1.54, 1.807) is 0 Å². The molecule has 0 aliphatic rings. The number of benzene rings is 1. The first-order valence-corrected chi connectivity index (χ1v) is 8.20. The van der Waals surface area contributed by atoms with Gasteiger partial charge in [-0.1, -0.05) is 12.1 Å². The summed E-state index contributed by atoms with van der Waals surface area (Å²) in [6.07, 6.45) is 1.13. The normalized spacial score (nSPS) is 11.4. The molecule has 0 unspecified atom stereocenters. The standard InChI is InChI=1S/C10H12FNO4S2/c1-18(15,16)6-5-17-7-8-3-2-4-9(10(8)11)12(13)14/h2-4H,5-7H2,1H3. The summed E-state index contributed by atoms with van der Waals surface area (Å²) in [5.41, 5.74) is -0.348. The van der Waals surface area contributed by atoms with Gasteiger partial charge in [0.1, 0.15) is 9.84 Å². The van der Waals surface area contributed by atoms with Crippen LogP contribution >= 0.6 is 11.8 Å². The Morgan fingerprint density at radius 1 is 1.44 bits per heavy atom. The van der Waals surface area contributed by atoms with Crippen LogP contribution in [0.3, 0.4) is 0 Å². The Bertz CT molecular complexity index is 545. The van der Waals surface area contributed by atoms with Crippen molar-refractivity contribution >= 4 is 27.3 Å². The Morgan fingerprint density at radius 3 is 2.67 bits per heavy atom. The zero-order valence-corrected chi connectivity index (χ0v) is 11.3. The molecule has 0 heterocycles. The maximum Gasteiger partial charge on any atom is 0.305 e. The van der Waals surface area contributed by atoms with E-state index in [-0.39, 0.29) is 17.1 Å². The highest BCUT2D eigenvalue weighted by Crippen LogP contribution is 2.23. The van der Waals surface area contributed by atoms with Crippen molar-refractivity contribution in [2.24, 2.45) is 0 Å². The van der Waals surface area contributed by atoms with E-state index in [2.05, 4.69) is 0 Å². The minimum Gasteiger partial charge on any atom is -0.258 e. The summed E-state index contributed by atoms with van der Waals surface area (Å²) in [5.74, 6) is -0.299. The second-order valence-electron chi connectivity index (χ2n) is 3.69. The van der Waals surface area contributed by atoms with Crippen LogP contribution in [0, 0.1) is 15.9 Å². The van der Waals surface area contributed by atoms with Gasteiger partial charge in [0.2, 0.25) is 5.82 Å². The minimum atomic E-state index is -3.03. The average Bonchev–Trinajstić information content (AvgIpc) is 2.24. The largest absolute Gasteiger partial charge is 0.305 e. The first-order valence-electron chi connectivity index (χ1n) is 4.98. The fraction of sp³-hybridized carbons (Fsp3) is 0.400. The molecule has 18 heavy (non-hydrogen) atoms. The summed E-state index contributed by atoms with van der Waals surface area (Å²) in [6.45, 7) is 0. The molecule has 1 aromatic rings. The Morgan fingerprint density at radius 2 is 2.11 bits per heavy atom. The fourth-order valence-electron chi connectivity index (χ4n) is 1.21. The Labute approximate surface area is 108 Å². The summed E-state index contributed by atoms with van der Waals surface area (Å²) in [7, 11) is -3.03. The monoisotopic (exact) mass is 293 g/mol. The molecule has 0 aromatic heterocycles. The zero-order valence-electron chi connectivity index (χ0n) is 9.63. The smallest absolute Gasteiger partial charge is 0.258 e. The molecule has 1 aromatic carbocycles. The number of halogens is 1. The third kappa shape index (κ3) is 4.61. The van der Waals surface area contributed by atoms with E-state index < -0.39 is 26.3 Å². The van der Waals surface area contributed by atoms with Crippen LogP contribution in [0.2, 0.25) is 0 Å². The van der Waals surface area contributed by atoms with E-state index in [0.717, 1.165) is 12.3 Å². The SMILES string of the molecule is CS(=O)(=O)CCSCc1cccc([N+](=O)[O-])c1F. The zero-order chi connectivity index (χ0) is 13.8. The van der Waals surface area contributed by atoms with E-state index in [9.17, 15) is 22.9 Å². The van der Waals surface area contributed by atoms with Crippen molar-refractivity contribution in [3.05, 3.63) is 39.7 Å². The number of rotatable bonds is 6. The van der Waals surface area contributed by atoms with Crippen LogP contribution in [0.5, 0.6) is 0 Å². The van der Waals surface area contributed by atoms with Crippen molar-refractivity contribution in [1.82, 2.24) is 0 Å². The number of hydrogen-bond donors (Lipinski definition) is 0. The number of thioether (sulfide) groups is 1. The van der Waals surface area contributed by atoms with E-state index in [1.807, 2.05) is 0 Å². The Hall–Kier alpha value is -1.15. The summed E-state index contributed by atoms with van der Waals surface area (Å²) in [6, 6.07) is 3.96. The molecular formula is C10H12FNO4S2. The fourth-order valence-corrected chi connectivity index (χ4v) is 3.48. The van der Waals surface area contributed by atoms with Gasteiger partial charge in [0.05, 0.1) is 10.7 Å². The average molecular weight is 293 g/mol. The molecule has 0 N–H and O–H groups in total. The molecule has 0 atom stereocenters.